The normalized spacial score (nSPS) is 20.1. The van der Waals surface area contributed by atoms with Gasteiger partial charge in [0.05, 0.1) is 6.61 Å². The largest absolute Gasteiger partial charge is 0.394 e. The summed E-state index contributed by atoms with van der Waals surface area (Å²) >= 11 is 0. The average Bonchev–Trinajstić information content (AvgIpc) is 2.00. The monoisotopic (exact) mass is 151 g/mol. The summed E-state index contributed by atoms with van der Waals surface area (Å²) < 4.78 is 0. The lowest BCUT2D eigenvalue weighted by Gasteiger charge is -2.18. The van der Waals surface area contributed by atoms with Crippen molar-refractivity contribution in [3.05, 3.63) is 6.61 Å². The van der Waals surface area contributed by atoms with E-state index in [2.05, 4.69) is 0 Å². The molecule has 61 valence electrons. The Balaban J connectivity index is 3.69. The minimum absolute atomic E-state index is 0.337. The lowest BCUT2D eigenvalue weighted by atomic mass is 10.1. The van der Waals surface area contributed by atoms with Crippen molar-refractivity contribution in [2.75, 3.05) is 6.61 Å². The van der Waals surface area contributed by atoms with Gasteiger partial charge in [0.15, 0.2) is 0 Å². The Labute approximate surface area is 58.2 Å². The van der Waals surface area contributed by atoms with Crippen LogP contribution in [0.4, 0.5) is 0 Å². The predicted octanol–water partition coefficient (Wildman–Crippen LogP) is -2.40. The molecular formula is C5H11O5. The smallest absolute Gasteiger partial charge is 0.111 e. The van der Waals surface area contributed by atoms with Crippen molar-refractivity contribution in [2.24, 2.45) is 0 Å². The molecule has 0 fully saturated rings. The molecule has 0 bridgehead atoms. The minimum atomic E-state index is -1.55. The third kappa shape index (κ3) is 2.59. The zero-order valence-corrected chi connectivity index (χ0v) is 5.25. The number of hydrogen-bond donors (Lipinski definition) is 5. The van der Waals surface area contributed by atoms with Gasteiger partial charge in [0, 0.05) is 0 Å². The Morgan fingerprint density at radius 1 is 1.20 bits per heavy atom. The van der Waals surface area contributed by atoms with Crippen molar-refractivity contribution in [3.63, 3.8) is 0 Å². The van der Waals surface area contributed by atoms with Crippen LogP contribution in [0.1, 0.15) is 0 Å². The van der Waals surface area contributed by atoms with Crippen LogP contribution in [-0.4, -0.2) is 50.5 Å². The van der Waals surface area contributed by atoms with Crippen molar-refractivity contribution in [1.29, 1.82) is 0 Å². The van der Waals surface area contributed by atoms with E-state index < -0.39 is 24.9 Å². The van der Waals surface area contributed by atoms with Crippen molar-refractivity contribution >= 4 is 0 Å². The molecule has 1 radical (unpaired) electrons. The van der Waals surface area contributed by atoms with Crippen LogP contribution in [0.3, 0.4) is 0 Å². The average molecular weight is 151 g/mol. The van der Waals surface area contributed by atoms with Crippen molar-refractivity contribution in [1.82, 2.24) is 0 Å². The lowest BCUT2D eigenvalue weighted by Crippen LogP contribution is -2.39. The number of rotatable bonds is 4. The molecule has 0 spiro atoms. The second-order valence-electron chi connectivity index (χ2n) is 1.88. The molecule has 0 aliphatic heterocycles. The molecule has 0 saturated carbocycles. The molecule has 0 rings (SSSR count). The quantitative estimate of drug-likeness (QED) is 0.308. The SMILES string of the molecule is O[CH]C(O)C(O)C(O)CO. The van der Waals surface area contributed by atoms with Gasteiger partial charge >= 0.3 is 0 Å². The van der Waals surface area contributed by atoms with E-state index in [0.717, 1.165) is 0 Å². The molecule has 3 unspecified atom stereocenters. The second kappa shape index (κ2) is 4.59. The Hall–Kier alpha value is -0.200. The summed E-state index contributed by atoms with van der Waals surface area (Å²) in [6, 6.07) is 0. The Morgan fingerprint density at radius 3 is 2.00 bits per heavy atom. The first kappa shape index (κ1) is 9.80. The first-order valence-electron chi connectivity index (χ1n) is 2.76. The van der Waals surface area contributed by atoms with E-state index >= 15 is 0 Å². The van der Waals surface area contributed by atoms with E-state index in [1.165, 1.54) is 0 Å². The van der Waals surface area contributed by atoms with Crippen LogP contribution in [0.2, 0.25) is 0 Å². The zero-order valence-electron chi connectivity index (χ0n) is 5.25. The van der Waals surface area contributed by atoms with Crippen LogP contribution in [0, 0.1) is 6.61 Å². The van der Waals surface area contributed by atoms with Crippen molar-refractivity contribution in [2.45, 2.75) is 18.3 Å². The molecule has 0 saturated heterocycles. The molecule has 5 nitrogen and oxygen atoms in total. The third-order valence-corrected chi connectivity index (χ3v) is 1.08. The van der Waals surface area contributed by atoms with Crippen LogP contribution in [0.15, 0.2) is 0 Å². The van der Waals surface area contributed by atoms with Crippen LogP contribution < -0.4 is 0 Å². The highest BCUT2D eigenvalue weighted by atomic mass is 16.4. The van der Waals surface area contributed by atoms with Gasteiger partial charge in [-0.1, -0.05) is 0 Å². The lowest BCUT2D eigenvalue weighted by molar-refractivity contribution is -0.0764. The van der Waals surface area contributed by atoms with Gasteiger partial charge in [-0.2, -0.15) is 0 Å². The summed E-state index contributed by atoms with van der Waals surface area (Å²) in [7, 11) is 0. The standard InChI is InChI=1S/C5H11O5/c6-1-3(8)5(10)4(9)2-7/h1,3-10H,2H2. The molecule has 10 heavy (non-hydrogen) atoms. The Bertz CT molecular complexity index is 76.1. The molecular weight excluding hydrogens is 140 g/mol. The van der Waals surface area contributed by atoms with Gasteiger partial charge in [0.1, 0.15) is 24.9 Å². The van der Waals surface area contributed by atoms with Gasteiger partial charge < -0.3 is 25.5 Å². The van der Waals surface area contributed by atoms with Gasteiger partial charge in [0.25, 0.3) is 0 Å². The highest BCUT2D eigenvalue weighted by molar-refractivity contribution is 4.78. The van der Waals surface area contributed by atoms with E-state index in [0.29, 0.717) is 6.61 Å². The molecule has 0 aliphatic carbocycles. The summed E-state index contributed by atoms with van der Waals surface area (Å²) in [5.41, 5.74) is 0. The number of aliphatic hydroxyl groups excluding tert-OH is 5. The van der Waals surface area contributed by atoms with Crippen LogP contribution >= 0.6 is 0 Å². The fourth-order valence-electron chi connectivity index (χ4n) is 0.424. The van der Waals surface area contributed by atoms with E-state index in [1.807, 2.05) is 0 Å². The predicted molar refractivity (Wildman–Crippen MR) is 31.3 cm³/mol. The first-order chi connectivity index (χ1) is 4.63. The topological polar surface area (TPSA) is 101 Å². The highest BCUT2D eigenvalue weighted by Gasteiger charge is 2.23. The molecule has 0 aromatic rings. The Morgan fingerprint density at radius 2 is 1.70 bits per heavy atom. The molecule has 0 aliphatic rings. The minimum Gasteiger partial charge on any atom is -0.394 e. The number of aliphatic hydroxyl groups is 5. The maximum atomic E-state index is 8.73. The fourth-order valence-corrected chi connectivity index (χ4v) is 0.424. The van der Waals surface area contributed by atoms with E-state index in [9.17, 15) is 0 Å². The first-order valence-corrected chi connectivity index (χ1v) is 2.76. The fraction of sp³-hybridized carbons (Fsp3) is 0.800. The second-order valence-corrected chi connectivity index (χ2v) is 1.88. The third-order valence-electron chi connectivity index (χ3n) is 1.08. The summed E-state index contributed by atoms with van der Waals surface area (Å²) in [6.45, 7) is -0.324. The highest BCUT2D eigenvalue weighted by Crippen LogP contribution is 2.00. The molecule has 0 aromatic heterocycles. The van der Waals surface area contributed by atoms with Gasteiger partial charge in [-0.15, -0.1) is 0 Å². The number of hydrogen-bond acceptors (Lipinski definition) is 5. The van der Waals surface area contributed by atoms with E-state index in [4.69, 9.17) is 25.5 Å². The van der Waals surface area contributed by atoms with E-state index in [-0.39, 0.29) is 0 Å². The van der Waals surface area contributed by atoms with Crippen LogP contribution in [0.5, 0.6) is 0 Å². The van der Waals surface area contributed by atoms with Crippen molar-refractivity contribution in [3.8, 4) is 0 Å². The van der Waals surface area contributed by atoms with Crippen LogP contribution in [-0.2, 0) is 0 Å². The summed E-state index contributed by atoms with van der Waals surface area (Å²) in [4.78, 5) is 0. The van der Waals surface area contributed by atoms with Gasteiger partial charge in [-0.3, -0.25) is 0 Å². The summed E-state index contributed by atoms with van der Waals surface area (Å²) in [6.07, 6.45) is -4.50. The summed E-state index contributed by atoms with van der Waals surface area (Å²) in [5, 5.41) is 42.3. The van der Waals surface area contributed by atoms with Gasteiger partial charge in [-0.05, 0) is 0 Å². The molecule has 0 heterocycles. The molecule has 0 aromatic carbocycles. The molecule has 3 atom stereocenters. The van der Waals surface area contributed by atoms with Gasteiger partial charge in [-0.25, -0.2) is 0 Å². The molecule has 5 N–H and O–H groups in total. The molecule has 0 amide bonds. The van der Waals surface area contributed by atoms with Crippen molar-refractivity contribution < 1.29 is 25.5 Å². The van der Waals surface area contributed by atoms with E-state index in [1.54, 1.807) is 0 Å². The van der Waals surface area contributed by atoms with Gasteiger partial charge in [0.2, 0.25) is 0 Å². The zero-order chi connectivity index (χ0) is 8.15. The maximum absolute atomic E-state index is 8.73. The Kier molecular flexibility index (Phi) is 4.50. The molecule has 5 heteroatoms. The summed E-state index contributed by atoms with van der Waals surface area (Å²) in [5.74, 6) is 0. The maximum Gasteiger partial charge on any atom is 0.111 e. The van der Waals surface area contributed by atoms with Crippen LogP contribution in [0.25, 0.3) is 0 Å².